The molecular weight excluding hydrogens is 278 g/mol. The minimum Gasteiger partial charge on any atom is -0.493 e. The lowest BCUT2D eigenvalue weighted by atomic mass is 10.2. The monoisotopic (exact) mass is 297 g/mol. The maximum absolute atomic E-state index is 11.0. The number of carbonyl (C=O) groups excluding carboxylic acids is 1. The van der Waals surface area contributed by atoms with Gasteiger partial charge >= 0.3 is 5.97 Å². The van der Waals surface area contributed by atoms with Crippen LogP contribution in [0.4, 0.5) is 0 Å². The maximum Gasteiger partial charge on any atom is 0.305 e. The van der Waals surface area contributed by atoms with E-state index >= 15 is 0 Å². The highest BCUT2D eigenvalue weighted by atomic mass is 35.5. The van der Waals surface area contributed by atoms with E-state index in [2.05, 4.69) is 10.1 Å². The fourth-order valence-corrected chi connectivity index (χ4v) is 2.06. The van der Waals surface area contributed by atoms with E-state index in [0.29, 0.717) is 30.5 Å². The number of methoxy groups -OCH3 is 1. The first-order valence-corrected chi connectivity index (χ1v) is 7.28. The van der Waals surface area contributed by atoms with Crippen molar-refractivity contribution in [3.05, 3.63) is 28.8 Å². The molecule has 110 valence electrons. The van der Waals surface area contributed by atoms with Crippen LogP contribution in [0.3, 0.4) is 0 Å². The Labute approximate surface area is 124 Å². The molecule has 2 rings (SSSR count). The molecule has 0 unspecified atom stereocenters. The van der Waals surface area contributed by atoms with Crippen molar-refractivity contribution in [1.82, 2.24) is 5.32 Å². The van der Waals surface area contributed by atoms with Crippen LogP contribution in [0.15, 0.2) is 18.2 Å². The van der Waals surface area contributed by atoms with Crippen LogP contribution in [0, 0.1) is 0 Å². The molecular formula is C15H20ClNO3. The molecule has 1 fully saturated rings. The van der Waals surface area contributed by atoms with Gasteiger partial charge in [0.25, 0.3) is 0 Å². The molecule has 4 nitrogen and oxygen atoms in total. The number of hydrogen-bond donors (Lipinski definition) is 1. The topological polar surface area (TPSA) is 47.6 Å². The number of benzene rings is 1. The first-order valence-electron chi connectivity index (χ1n) is 6.90. The predicted molar refractivity (Wildman–Crippen MR) is 78.1 cm³/mol. The van der Waals surface area contributed by atoms with Crippen molar-refractivity contribution in [1.29, 1.82) is 0 Å². The molecule has 0 amide bonds. The molecule has 0 bridgehead atoms. The van der Waals surface area contributed by atoms with E-state index in [-0.39, 0.29) is 5.97 Å². The fourth-order valence-electron chi connectivity index (χ4n) is 1.87. The van der Waals surface area contributed by atoms with Gasteiger partial charge in [0.2, 0.25) is 0 Å². The highest BCUT2D eigenvalue weighted by Gasteiger charge is 2.20. The number of halogens is 1. The van der Waals surface area contributed by atoms with Crippen molar-refractivity contribution in [3.63, 3.8) is 0 Å². The Morgan fingerprint density at radius 2 is 2.25 bits per heavy atom. The molecule has 0 saturated heterocycles. The van der Waals surface area contributed by atoms with E-state index in [1.807, 2.05) is 18.2 Å². The molecule has 1 N–H and O–H groups in total. The third-order valence-electron chi connectivity index (χ3n) is 3.19. The number of esters is 1. The van der Waals surface area contributed by atoms with E-state index in [9.17, 15) is 4.79 Å². The molecule has 20 heavy (non-hydrogen) atoms. The molecule has 1 aromatic carbocycles. The van der Waals surface area contributed by atoms with Crippen LogP contribution in [0.5, 0.6) is 5.75 Å². The lowest BCUT2D eigenvalue weighted by molar-refractivity contribution is -0.140. The zero-order valence-electron chi connectivity index (χ0n) is 11.7. The lowest BCUT2D eigenvalue weighted by Crippen LogP contribution is -2.16. The summed E-state index contributed by atoms with van der Waals surface area (Å²) in [5, 5.41) is 4.15. The Balaban J connectivity index is 1.83. The molecule has 0 spiro atoms. The third kappa shape index (κ3) is 5.02. The minimum absolute atomic E-state index is 0.208. The molecule has 0 aromatic heterocycles. The zero-order valence-corrected chi connectivity index (χ0v) is 12.4. The van der Waals surface area contributed by atoms with E-state index < -0.39 is 0 Å². The van der Waals surface area contributed by atoms with Crippen LogP contribution in [-0.4, -0.2) is 25.7 Å². The first-order chi connectivity index (χ1) is 9.69. The third-order valence-corrected chi connectivity index (χ3v) is 3.43. The van der Waals surface area contributed by atoms with Crippen molar-refractivity contribution in [2.45, 2.75) is 38.3 Å². The number of rotatable bonds is 8. The standard InChI is InChI=1S/C15H20ClNO3/c1-19-15(18)3-2-8-20-14-7-4-12(16)9-11(14)10-17-13-5-6-13/h4,7,9,13,17H,2-3,5-6,8,10H2,1H3. The summed E-state index contributed by atoms with van der Waals surface area (Å²) in [5.74, 6) is 0.618. The van der Waals surface area contributed by atoms with Gasteiger partial charge in [-0.25, -0.2) is 0 Å². The van der Waals surface area contributed by atoms with Gasteiger partial charge in [-0.1, -0.05) is 11.6 Å². The molecule has 1 aliphatic carbocycles. The van der Waals surface area contributed by atoms with E-state index in [1.165, 1.54) is 20.0 Å². The van der Waals surface area contributed by atoms with Crippen LogP contribution in [0.1, 0.15) is 31.2 Å². The van der Waals surface area contributed by atoms with Gasteiger partial charge in [-0.15, -0.1) is 0 Å². The van der Waals surface area contributed by atoms with E-state index in [4.69, 9.17) is 16.3 Å². The van der Waals surface area contributed by atoms with Gasteiger partial charge in [0.15, 0.2) is 0 Å². The van der Waals surface area contributed by atoms with Gasteiger partial charge in [-0.2, -0.15) is 0 Å². The normalized spacial score (nSPS) is 14.1. The largest absolute Gasteiger partial charge is 0.493 e. The van der Waals surface area contributed by atoms with Crippen molar-refractivity contribution in [2.24, 2.45) is 0 Å². The van der Waals surface area contributed by atoms with Crippen LogP contribution >= 0.6 is 11.6 Å². The SMILES string of the molecule is COC(=O)CCCOc1ccc(Cl)cc1CNC1CC1. The summed E-state index contributed by atoms with van der Waals surface area (Å²) in [7, 11) is 1.39. The van der Waals surface area contributed by atoms with Gasteiger partial charge in [-0.3, -0.25) is 4.79 Å². The summed E-state index contributed by atoms with van der Waals surface area (Å²) in [6, 6.07) is 6.26. The summed E-state index contributed by atoms with van der Waals surface area (Å²) in [6.45, 7) is 1.25. The summed E-state index contributed by atoms with van der Waals surface area (Å²) in [4.78, 5) is 11.0. The Morgan fingerprint density at radius 1 is 1.45 bits per heavy atom. The highest BCUT2D eigenvalue weighted by Crippen LogP contribution is 2.25. The second-order valence-corrected chi connectivity index (χ2v) is 5.37. The number of nitrogens with one attached hydrogen (secondary N) is 1. The molecule has 0 atom stereocenters. The molecule has 1 aromatic rings. The fraction of sp³-hybridized carbons (Fsp3) is 0.533. The first kappa shape index (κ1) is 15.1. The second kappa shape index (κ2) is 7.50. The minimum atomic E-state index is -0.208. The lowest BCUT2D eigenvalue weighted by Gasteiger charge is -2.12. The molecule has 1 aliphatic rings. The Bertz CT molecular complexity index is 460. The number of carbonyl (C=O) groups is 1. The molecule has 0 heterocycles. The Morgan fingerprint density at radius 3 is 2.95 bits per heavy atom. The van der Waals surface area contributed by atoms with Crippen molar-refractivity contribution < 1.29 is 14.3 Å². The van der Waals surface area contributed by atoms with Crippen LogP contribution in [-0.2, 0) is 16.1 Å². The Hall–Kier alpha value is -1.26. The predicted octanol–water partition coefficient (Wildman–Crippen LogP) is 2.92. The molecule has 1 saturated carbocycles. The van der Waals surface area contributed by atoms with Crippen molar-refractivity contribution in [3.8, 4) is 5.75 Å². The van der Waals surface area contributed by atoms with Gasteiger partial charge in [0, 0.05) is 29.6 Å². The zero-order chi connectivity index (χ0) is 14.4. The van der Waals surface area contributed by atoms with Crippen LogP contribution in [0.2, 0.25) is 5.02 Å². The van der Waals surface area contributed by atoms with Crippen molar-refractivity contribution in [2.75, 3.05) is 13.7 Å². The van der Waals surface area contributed by atoms with Gasteiger partial charge in [0.1, 0.15) is 5.75 Å². The quantitative estimate of drug-likeness (QED) is 0.592. The molecule has 0 radical (unpaired) electrons. The van der Waals surface area contributed by atoms with E-state index in [1.54, 1.807) is 0 Å². The number of ether oxygens (including phenoxy) is 2. The van der Waals surface area contributed by atoms with Crippen LogP contribution < -0.4 is 10.1 Å². The molecule has 5 heteroatoms. The average Bonchev–Trinajstić information content (AvgIpc) is 3.26. The van der Waals surface area contributed by atoms with E-state index in [0.717, 1.165) is 17.9 Å². The van der Waals surface area contributed by atoms with Gasteiger partial charge in [0.05, 0.1) is 13.7 Å². The van der Waals surface area contributed by atoms with Gasteiger partial charge in [-0.05, 0) is 37.5 Å². The summed E-state index contributed by atoms with van der Waals surface area (Å²) >= 11 is 6.02. The highest BCUT2D eigenvalue weighted by molar-refractivity contribution is 6.30. The summed E-state index contributed by atoms with van der Waals surface area (Å²) in [5.41, 5.74) is 1.06. The number of hydrogen-bond acceptors (Lipinski definition) is 4. The maximum atomic E-state index is 11.0. The second-order valence-electron chi connectivity index (χ2n) is 4.94. The van der Waals surface area contributed by atoms with Crippen molar-refractivity contribution >= 4 is 17.6 Å². The average molecular weight is 298 g/mol. The van der Waals surface area contributed by atoms with Crippen LogP contribution in [0.25, 0.3) is 0 Å². The smallest absolute Gasteiger partial charge is 0.305 e. The Kier molecular flexibility index (Phi) is 5.68. The summed E-state index contributed by atoms with van der Waals surface area (Å²) < 4.78 is 10.3. The van der Waals surface area contributed by atoms with Gasteiger partial charge < -0.3 is 14.8 Å². The summed E-state index contributed by atoms with van der Waals surface area (Å²) in [6.07, 6.45) is 3.51. The molecule has 0 aliphatic heterocycles.